The molecule has 10 heteroatoms. The fraction of sp³-hybridized carbons (Fsp3) is 0.125. The lowest BCUT2D eigenvalue weighted by Gasteiger charge is -2.25. The summed E-state index contributed by atoms with van der Waals surface area (Å²) < 4.78 is 48.7. The highest BCUT2D eigenvalue weighted by atomic mass is 19.4. The molecule has 1 N–H and O–H groups in total. The number of alkyl halides is 3. The Bertz CT molecular complexity index is 1220. The molecule has 3 rings (SSSR count). The van der Waals surface area contributed by atoms with Crippen LogP contribution in [0.1, 0.15) is 15.9 Å². The molecule has 0 saturated heterocycles. The van der Waals surface area contributed by atoms with Crippen LogP contribution in [0.5, 0.6) is 0 Å². The molecule has 2 aromatic rings. The molecule has 0 radical (unpaired) electrons. The first-order chi connectivity index (χ1) is 16.2. The number of hydrogen-bond acceptors (Lipinski definition) is 6. The summed E-state index contributed by atoms with van der Waals surface area (Å²) >= 11 is 0. The summed E-state index contributed by atoms with van der Waals surface area (Å²) in [5.74, 6) is -2.41. The smallest absolute Gasteiger partial charge is 0.416 e. The molecule has 0 spiro atoms. The van der Waals surface area contributed by atoms with Gasteiger partial charge in [0.25, 0.3) is 5.91 Å². The summed E-state index contributed by atoms with van der Waals surface area (Å²) in [6.45, 7) is 0. The Morgan fingerprint density at radius 1 is 0.912 bits per heavy atom. The fourth-order valence-electron chi connectivity index (χ4n) is 3.20. The number of hydrogen-bond donors (Lipinski definition) is 1. The van der Waals surface area contributed by atoms with Gasteiger partial charge in [0.15, 0.2) is 0 Å². The van der Waals surface area contributed by atoms with Crippen LogP contribution in [0.25, 0.3) is 0 Å². The molecule has 1 aliphatic heterocycles. The van der Waals surface area contributed by atoms with E-state index >= 15 is 0 Å². The van der Waals surface area contributed by atoms with Gasteiger partial charge < -0.3 is 19.7 Å². The Hall–Kier alpha value is -4.34. The van der Waals surface area contributed by atoms with Gasteiger partial charge in [0.1, 0.15) is 5.70 Å². The van der Waals surface area contributed by atoms with Gasteiger partial charge in [0, 0.05) is 11.9 Å². The van der Waals surface area contributed by atoms with Gasteiger partial charge in [-0.05, 0) is 42.5 Å². The summed E-state index contributed by atoms with van der Waals surface area (Å²) in [4.78, 5) is 39.3. The topological polar surface area (TPSA) is 84.9 Å². The second kappa shape index (κ2) is 10.1. The number of amides is 1. The van der Waals surface area contributed by atoms with Gasteiger partial charge in [-0.3, -0.25) is 4.79 Å². The second-order valence-electron chi connectivity index (χ2n) is 6.87. The quantitative estimate of drug-likeness (QED) is 0.648. The standard InChI is InChI=1S/C24H19F3N2O5/c1-33-22(31)18-11-5-6-13-29(20(18)23(32)34-2)19-12-4-3-10-17(19)21(30)28-16-9-7-8-15(14-16)24(25,26)27/h3-14H,1-2H3,(H,28,30). The number of nitrogens with zero attached hydrogens (tertiary/aromatic N) is 1. The van der Waals surface area contributed by atoms with Crippen molar-refractivity contribution in [1.29, 1.82) is 0 Å². The number of ether oxygens (including phenoxy) is 2. The Kier molecular flexibility index (Phi) is 7.20. The van der Waals surface area contributed by atoms with Crippen molar-refractivity contribution in [2.45, 2.75) is 6.18 Å². The third-order valence-electron chi connectivity index (χ3n) is 4.75. The van der Waals surface area contributed by atoms with Gasteiger partial charge in [-0.25, -0.2) is 9.59 Å². The Morgan fingerprint density at radius 2 is 1.62 bits per heavy atom. The van der Waals surface area contributed by atoms with Gasteiger partial charge >= 0.3 is 18.1 Å². The molecule has 1 heterocycles. The van der Waals surface area contributed by atoms with E-state index < -0.39 is 29.6 Å². The van der Waals surface area contributed by atoms with E-state index in [9.17, 15) is 27.6 Å². The lowest BCUT2D eigenvalue weighted by molar-refractivity contribution is -0.139. The molecule has 0 bridgehead atoms. The van der Waals surface area contributed by atoms with Crippen molar-refractivity contribution in [1.82, 2.24) is 0 Å². The van der Waals surface area contributed by atoms with E-state index in [0.29, 0.717) is 0 Å². The van der Waals surface area contributed by atoms with E-state index in [1.54, 1.807) is 12.1 Å². The molecule has 0 fully saturated rings. The van der Waals surface area contributed by atoms with E-state index in [0.717, 1.165) is 26.4 Å². The van der Waals surface area contributed by atoms with Crippen LogP contribution in [0.3, 0.4) is 0 Å². The maximum Gasteiger partial charge on any atom is 0.416 e. The largest absolute Gasteiger partial charge is 0.465 e. The number of carbonyl (C=O) groups is 3. The van der Waals surface area contributed by atoms with E-state index in [2.05, 4.69) is 5.32 Å². The monoisotopic (exact) mass is 472 g/mol. The molecule has 1 aliphatic rings. The molecule has 176 valence electrons. The molecule has 7 nitrogen and oxygen atoms in total. The minimum Gasteiger partial charge on any atom is -0.465 e. The van der Waals surface area contributed by atoms with Crippen LogP contribution in [0, 0.1) is 0 Å². The molecule has 34 heavy (non-hydrogen) atoms. The first-order valence-corrected chi connectivity index (χ1v) is 9.80. The number of esters is 2. The Balaban J connectivity index is 2.07. The van der Waals surface area contributed by atoms with Crippen LogP contribution in [-0.2, 0) is 25.2 Å². The highest BCUT2D eigenvalue weighted by Gasteiger charge is 2.31. The third-order valence-corrected chi connectivity index (χ3v) is 4.75. The van der Waals surface area contributed by atoms with Gasteiger partial charge in [-0.1, -0.05) is 24.3 Å². The number of methoxy groups -OCH3 is 2. The summed E-state index contributed by atoms with van der Waals surface area (Å²) in [5.41, 5.74) is -1.11. The maximum absolute atomic E-state index is 13.1. The fourth-order valence-corrected chi connectivity index (χ4v) is 3.20. The first-order valence-electron chi connectivity index (χ1n) is 9.80. The lowest BCUT2D eigenvalue weighted by atomic mass is 10.1. The van der Waals surface area contributed by atoms with Crippen molar-refractivity contribution in [3.8, 4) is 0 Å². The summed E-state index contributed by atoms with van der Waals surface area (Å²) in [6.07, 6.45) is 1.25. The molecule has 0 aromatic heterocycles. The number of halogens is 3. The van der Waals surface area contributed by atoms with Crippen molar-refractivity contribution in [3.63, 3.8) is 0 Å². The second-order valence-corrected chi connectivity index (χ2v) is 6.87. The van der Waals surface area contributed by atoms with E-state index in [4.69, 9.17) is 9.47 Å². The minimum absolute atomic E-state index is 0.0251. The average molecular weight is 472 g/mol. The van der Waals surface area contributed by atoms with Crippen LogP contribution >= 0.6 is 0 Å². The molecule has 0 saturated carbocycles. The van der Waals surface area contributed by atoms with Crippen LogP contribution in [0.15, 0.2) is 84.2 Å². The van der Waals surface area contributed by atoms with Crippen LogP contribution < -0.4 is 10.2 Å². The van der Waals surface area contributed by atoms with Crippen molar-refractivity contribution < 1.29 is 37.0 Å². The number of rotatable bonds is 5. The number of nitrogens with one attached hydrogen (secondary N) is 1. The van der Waals surface area contributed by atoms with Crippen LogP contribution in [-0.4, -0.2) is 32.1 Å². The normalized spacial score (nSPS) is 13.4. The summed E-state index contributed by atoms with van der Waals surface area (Å²) in [6, 6.07) is 10.3. The molecular formula is C24H19F3N2O5. The lowest BCUT2D eigenvalue weighted by Crippen LogP contribution is -2.28. The van der Waals surface area contributed by atoms with E-state index in [1.807, 2.05) is 0 Å². The van der Waals surface area contributed by atoms with Gasteiger partial charge in [-0.15, -0.1) is 0 Å². The third kappa shape index (κ3) is 5.17. The van der Waals surface area contributed by atoms with Crippen LogP contribution in [0.2, 0.25) is 0 Å². The predicted octanol–water partition coefficient (Wildman–Crippen LogP) is 4.45. The van der Waals surface area contributed by atoms with E-state index in [-0.39, 0.29) is 28.2 Å². The molecule has 0 unspecified atom stereocenters. The van der Waals surface area contributed by atoms with Crippen molar-refractivity contribution in [2.75, 3.05) is 24.4 Å². The SMILES string of the molecule is COC(=O)C1=C(C(=O)OC)N(c2ccccc2C(=O)Nc2cccc(C(F)(F)F)c2)C=CC=C1. The Morgan fingerprint density at radius 3 is 2.29 bits per heavy atom. The van der Waals surface area contributed by atoms with Crippen molar-refractivity contribution >= 4 is 29.2 Å². The Labute approximate surface area is 192 Å². The highest BCUT2D eigenvalue weighted by Crippen LogP contribution is 2.32. The molecule has 0 atom stereocenters. The van der Waals surface area contributed by atoms with E-state index in [1.165, 1.54) is 53.6 Å². The molecular weight excluding hydrogens is 453 g/mol. The number of para-hydroxylation sites is 1. The van der Waals surface area contributed by atoms with Gasteiger partial charge in [0.2, 0.25) is 0 Å². The summed E-state index contributed by atoms with van der Waals surface area (Å²) in [7, 11) is 2.28. The predicted molar refractivity (Wildman–Crippen MR) is 118 cm³/mol. The molecule has 2 aromatic carbocycles. The van der Waals surface area contributed by atoms with Gasteiger partial charge in [0.05, 0.1) is 36.6 Å². The number of carbonyl (C=O) groups excluding carboxylic acids is 3. The molecule has 0 aliphatic carbocycles. The number of benzene rings is 2. The number of anilines is 2. The van der Waals surface area contributed by atoms with Crippen molar-refractivity contribution in [3.05, 3.63) is 95.4 Å². The van der Waals surface area contributed by atoms with Crippen molar-refractivity contribution in [2.24, 2.45) is 0 Å². The minimum atomic E-state index is -4.58. The summed E-state index contributed by atoms with van der Waals surface area (Å²) in [5, 5.41) is 2.44. The number of allylic oxidation sites excluding steroid dienone is 2. The maximum atomic E-state index is 13.1. The zero-order chi connectivity index (χ0) is 24.9. The highest BCUT2D eigenvalue weighted by molar-refractivity contribution is 6.11. The van der Waals surface area contributed by atoms with Crippen LogP contribution in [0.4, 0.5) is 24.5 Å². The molecule has 1 amide bonds. The zero-order valence-corrected chi connectivity index (χ0v) is 18.1. The zero-order valence-electron chi connectivity index (χ0n) is 18.1. The van der Waals surface area contributed by atoms with Gasteiger partial charge in [-0.2, -0.15) is 13.2 Å². The average Bonchev–Trinajstić information content (AvgIpc) is 3.05. The first kappa shape index (κ1) is 24.3.